The number of hydrogen-bond donors (Lipinski definition) is 1. The number of ether oxygens (including phenoxy) is 3. The van der Waals surface area contributed by atoms with E-state index < -0.39 is 26.5 Å². The predicted molar refractivity (Wildman–Crippen MR) is 169 cm³/mol. The average Bonchev–Trinajstić information content (AvgIpc) is 3.64. The minimum Gasteiger partial charge on any atom is -0.497 e. The number of aromatic amines is 1. The molecule has 0 bridgehead atoms. The average molecular weight is 626 g/mol. The molecule has 4 heterocycles. The number of nitrogens with zero attached hydrogens (tertiary/aromatic N) is 4. The van der Waals surface area contributed by atoms with Crippen LogP contribution in [0, 0.1) is 0 Å². The minimum atomic E-state index is -1.47. The Morgan fingerprint density at radius 1 is 1.07 bits per heavy atom. The molecule has 13 heteroatoms. The standard InChI is InChI=1S/C31H40N5O7P/c1-7-16-41-44(36(20(2)3)21(4)5)43-27-18-28(42-26(27)14-17-40-23-12-10-22(39-6)11-13-23)35-19-24-25-9-8-15-34(25)30(37)32-29(24)33-31(35)38/h8-13,15,18-21,26,28H,7,14,16-17H2,1-6H3,(H,32,33,37,38)/t26-,28-,44?/m1/s1. The Morgan fingerprint density at radius 2 is 1.80 bits per heavy atom. The fraction of sp³-hybridized carbons (Fsp3) is 0.452. The van der Waals surface area contributed by atoms with E-state index in [2.05, 4.69) is 49.3 Å². The topological polar surface area (TPSA) is 122 Å². The number of benzene rings is 1. The van der Waals surface area contributed by atoms with Crippen molar-refractivity contribution in [3.05, 3.63) is 81.6 Å². The van der Waals surface area contributed by atoms with Gasteiger partial charge in [-0.3, -0.25) is 14.0 Å². The van der Waals surface area contributed by atoms with Gasteiger partial charge in [0.1, 0.15) is 23.4 Å². The van der Waals surface area contributed by atoms with Crippen LogP contribution in [0.1, 0.15) is 53.7 Å². The van der Waals surface area contributed by atoms with Crippen LogP contribution in [-0.2, 0) is 13.8 Å². The molecule has 5 rings (SSSR count). The highest BCUT2D eigenvalue weighted by Gasteiger charge is 2.36. The molecule has 1 aliphatic heterocycles. The molecule has 0 aliphatic carbocycles. The molecule has 236 valence electrons. The first-order valence-electron chi connectivity index (χ1n) is 14.9. The van der Waals surface area contributed by atoms with Gasteiger partial charge in [-0.2, -0.15) is 4.98 Å². The lowest BCUT2D eigenvalue weighted by Gasteiger charge is -2.36. The summed E-state index contributed by atoms with van der Waals surface area (Å²) in [6.45, 7) is 11.4. The molecule has 3 aromatic heterocycles. The maximum Gasteiger partial charge on any atom is 0.351 e. The van der Waals surface area contributed by atoms with Gasteiger partial charge in [0.15, 0.2) is 11.9 Å². The zero-order valence-electron chi connectivity index (χ0n) is 25.9. The monoisotopic (exact) mass is 625 g/mol. The number of nitrogens with one attached hydrogen (secondary N) is 1. The van der Waals surface area contributed by atoms with Crippen molar-refractivity contribution in [3.63, 3.8) is 0 Å². The largest absolute Gasteiger partial charge is 0.497 e. The second-order valence-electron chi connectivity index (χ2n) is 11.0. The smallest absolute Gasteiger partial charge is 0.351 e. The van der Waals surface area contributed by atoms with Crippen LogP contribution in [0.15, 0.2) is 70.2 Å². The lowest BCUT2D eigenvalue weighted by Crippen LogP contribution is -2.34. The normalized spacial score (nSPS) is 17.6. The Morgan fingerprint density at radius 3 is 2.48 bits per heavy atom. The molecule has 1 aromatic carbocycles. The van der Waals surface area contributed by atoms with Crippen molar-refractivity contribution in [2.45, 2.75) is 71.9 Å². The minimum absolute atomic E-state index is 0.174. The van der Waals surface area contributed by atoms with E-state index in [1.165, 1.54) is 8.97 Å². The highest BCUT2D eigenvalue weighted by Crippen LogP contribution is 2.50. The third-order valence-electron chi connectivity index (χ3n) is 7.17. The molecular formula is C31H40N5O7P. The first-order chi connectivity index (χ1) is 21.2. The molecule has 1 unspecified atom stereocenters. The van der Waals surface area contributed by atoms with Gasteiger partial charge in [0.25, 0.3) is 0 Å². The Balaban J connectivity index is 1.46. The number of H-pyrrole nitrogens is 1. The van der Waals surface area contributed by atoms with Crippen molar-refractivity contribution in [1.82, 2.24) is 23.6 Å². The highest BCUT2D eigenvalue weighted by atomic mass is 31.2. The number of fused-ring (bicyclic) bond motifs is 3. The lowest BCUT2D eigenvalue weighted by molar-refractivity contribution is -0.00737. The molecular weight excluding hydrogens is 585 g/mol. The van der Waals surface area contributed by atoms with Crippen LogP contribution < -0.4 is 20.9 Å². The van der Waals surface area contributed by atoms with Gasteiger partial charge >= 0.3 is 19.9 Å². The van der Waals surface area contributed by atoms with Crippen molar-refractivity contribution in [2.24, 2.45) is 0 Å². The summed E-state index contributed by atoms with van der Waals surface area (Å²) in [5.41, 5.74) is -0.0810. The molecule has 0 spiro atoms. The molecule has 0 radical (unpaired) electrons. The Labute approximate surface area is 257 Å². The van der Waals surface area contributed by atoms with Crippen LogP contribution in [0.3, 0.4) is 0 Å². The van der Waals surface area contributed by atoms with E-state index in [9.17, 15) is 9.59 Å². The van der Waals surface area contributed by atoms with Crippen molar-refractivity contribution in [2.75, 3.05) is 20.3 Å². The molecule has 3 atom stereocenters. The summed E-state index contributed by atoms with van der Waals surface area (Å²) in [5, 5.41) is 0.610. The first kappa shape index (κ1) is 31.7. The molecule has 0 saturated carbocycles. The van der Waals surface area contributed by atoms with Gasteiger partial charge in [0, 0.05) is 37.0 Å². The summed E-state index contributed by atoms with van der Waals surface area (Å²) in [5.74, 6) is 2.02. The number of aromatic nitrogens is 4. The van der Waals surface area contributed by atoms with E-state index in [0.717, 1.165) is 12.2 Å². The third kappa shape index (κ3) is 6.83. The van der Waals surface area contributed by atoms with Gasteiger partial charge in [-0.05, 0) is 70.5 Å². The van der Waals surface area contributed by atoms with E-state index in [-0.39, 0.29) is 23.4 Å². The van der Waals surface area contributed by atoms with Crippen LogP contribution in [-0.4, -0.2) is 62.1 Å². The predicted octanol–water partition coefficient (Wildman–Crippen LogP) is 5.39. The van der Waals surface area contributed by atoms with Gasteiger partial charge < -0.3 is 23.3 Å². The van der Waals surface area contributed by atoms with E-state index >= 15 is 0 Å². The van der Waals surface area contributed by atoms with Crippen LogP contribution in [0.4, 0.5) is 0 Å². The number of rotatable bonds is 14. The van der Waals surface area contributed by atoms with E-state index in [1.807, 2.05) is 24.3 Å². The second kappa shape index (κ2) is 13.9. The first-order valence-corrected chi connectivity index (χ1v) is 16.0. The van der Waals surface area contributed by atoms with Crippen molar-refractivity contribution < 1.29 is 23.3 Å². The number of hydrogen-bond acceptors (Lipinski definition) is 9. The summed E-state index contributed by atoms with van der Waals surface area (Å²) >= 11 is 0. The van der Waals surface area contributed by atoms with Crippen LogP contribution >= 0.6 is 8.53 Å². The zero-order chi connectivity index (χ0) is 31.4. The van der Waals surface area contributed by atoms with Gasteiger partial charge in [0.2, 0.25) is 0 Å². The molecule has 1 aliphatic rings. The van der Waals surface area contributed by atoms with Crippen molar-refractivity contribution in [3.8, 4) is 11.5 Å². The van der Waals surface area contributed by atoms with E-state index in [4.69, 9.17) is 23.3 Å². The number of methoxy groups -OCH3 is 1. The van der Waals surface area contributed by atoms with Gasteiger partial charge in [-0.25, -0.2) is 14.3 Å². The maximum atomic E-state index is 13.2. The van der Waals surface area contributed by atoms with Gasteiger partial charge in [0.05, 0.1) is 31.2 Å². The van der Waals surface area contributed by atoms with Gasteiger partial charge in [-0.15, -0.1) is 0 Å². The molecule has 12 nitrogen and oxygen atoms in total. The van der Waals surface area contributed by atoms with Crippen LogP contribution in [0.5, 0.6) is 11.5 Å². The summed E-state index contributed by atoms with van der Waals surface area (Å²) < 4.78 is 35.7. The molecule has 0 fully saturated rings. The highest BCUT2D eigenvalue weighted by molar-refractivity contribution is 7.44. The fourth-order valence-corrected chi connectivity index (χ4v) is 6.90. The molecule has 44 heavy (non-hydrogen) atoms. The quantitative estimate of drug-likeness (QED) is 0.184. The van der Waals surface area contributed by atoms with Crippen molar-refractivity contribution >= 4 is 25.1 Å². The summed E-state index contributed by atoms with van der Waals surface area (Å²) in [7, 11) is 0.147. The molecule has 1 N–H and O–H groups in total. The Bertz CT molecular complexity index is 1700. The van der Waals surface area contributed by atoms with E-state index in [0.29, 0.717) is 42.0 Å². The Hall–Kier alpha value is -3.70. The maximum absolute atomic E-state index is 13.2. The molecule has 4 aromatic rings. The molecule has 0 saturated heterocycles. The third-order valence-corrected chi connectivity index (χ3v) is 9.24. The van der Waals surface area contributed by atoms with Crippen LogP contribution in [0.25, 0.3) is 16.6 Å². The van der Waals surface area contributed by atoms with Gasteiger partial charge in [-0.1, -0.05) is 6.92 Å². The van der Waals surface area contributed by atoms with Crippen LogP contribution in [0.2, 0.25) is 0 Å². The van der Waals surface area contributed by atoms with Crippen molar-refractivity contribution in [1.29, 1.82) is 0 Å². The lowest BCUT2D eigenvalue weighted by atomic mass is 10.2. The fourth-order valence-electron chi connectivity index (χ4n) is 5.17. The molecule has 0 amide bonds. The zero-order valence-corrected chi connectivity index (χ0v) is 26.8. The SMILES string of the molecule is CCCOP(OC1=C[C@H](n2cc3c(nc2=O)[nH]c(=O)n2cccc32)O[C@@H]1CCOc1ccc(OC)cc1)N(C(C)C)C(C)C. The summed E-state index contributed by atoms with van der Waals surface area (Å²) in [6.07, 6.45) is 5.12. The second-order valence-corrected chi connectivity index (χ2v) is 12.4. The summed E-state index contributed by atoms with van der Waals surface area (Å²) in [6, 6.07) is 11.3. The Kier molecular flexibility index (Phi) is 10.1. The van der Waals surface area contributed by atoms with E-state index in [1.54, 1.807) is 37.7 Å². The summed E-state index contributed by atoms with van der Waals surface area (Å²) in [4.78, 5) is 32.5.